The van der Waals surface area contributed by atoms with Crippen molar-refractivity contribution >= 4 is 45.9 Å². The van der Waals surface area contributed by atoms with Crippen molar-refractivity contribution in [2.24, 2.45) is 5.92 Å². The number of aryl methyl sites for hydroxylation is 2. The molecule has 0 fully saturated rings. The monoisotopic (exact) mass is 556 g/mol. The number of pyridine rings is 1. The van der Waals surface area contributed by atoms with Gasteiger partial charge in [-0.2, -0.15) is 0 Å². The van der Waals surface area contributed by atoms with Crippen molar-refractivity contribution < 1.29 is 38.1 Å². The standard InChI is InChI=1S/C30H26N3O8/c1-4-19-20-12-16(3)6-11-24(20)31-26-21(19)13-23-22(26)14-25-30(5-2,28(35)39-15-32(25)27(23)34)41-29(36)40-18-9-7-17(8-10-18)33(37)38/h6-12,14,23H,4-5,13,15H2,1-3H3/q+1/t23?,30-/m0/s1. The van der Waals surface area contributed by atoms with Crippen molar-refractivity contribution in [2.45, 2.75) is 45.6 Å². The number of nitrogens with zero attached hydrogens (tertiary/aromatic N) is 3. The van der Waals surface area contributed by atoms with Crippen LogP contribution in [-0.2, 0) is 31.9 Å². The van der Waals surface area contributed by atoms with E-state index in [0.717, 1.165) is 34.0 Å². The number of cyclic esters (lactones) is 1. The van der Waals surface area contributed by atoms with Gasteiger partial charge in [-0.1, -0.05) is 25.5 Å². The van der Waals surface area contributed by atoms with Gasteiger partial charge in [-0.15, -0.1) is 4.58 Å². The van der Waals surface area contributed by atoms with Crippen LogP contribution in [0, 0.1) is 23.0 Å². The molecule has 208 valence electrons. The molecule has 1 amide bonds. The summed E-state index contributed by atoms with van der Waals surface area (Å²) >= 11 is 0. The Morgan fingerprint density at radius 3 is 2.63 bits per heavy atom. The Kier molecular flexibility index (Phi) is 6.17. The number of amides is 1. The molecule has 0 saturated heterocycles. The first kappa shape index (κ1) is 26.3. The first-order valence-electron chi connectivity index (χ1n) is 13.3. The number of hydrogen-bond donors (Lipinski definition) is 0. The number of benzene rings is 2. The van der Waals surface area contributed by atoms with Crippen LogP contribution in [0.3, 0.4) is 0 Å². The van der Waals surface area contributed by atoms with Crippen molar-refractivity contribution in [3.63, 3.8) is 0 Å². The van der Waals surface area contributed by atoms with E-state index in [4.69, 9.17) is 19.2 Å². The van der Waals surface area contributed by atoms with Crippen molar-refractivity contribution in [2.75, 3.05) is 6.73 Å². The van der Waals surface area contributed by atoms with Gasteiger partial charge < -0.3 is 14.2 Å². The van der Waals surface area contributed by atoms with E-state index in [0.29, 0.717) is 17.7 Å². The smallest absolute Gasteiger partial charge is 0.404 e. The average molecular weight is 557 g/mol. The van der Waals surface area contributed by atoms with Crippen molar-refractivity contribution in [3.8, 4) is 5.75 Å². The largest absolute Gasteiger partial charge is 0.515 e. The zero-order valence-corrected chi connectivity index (χ0v) is 22.6. The molecular weight excluding hydrogens is 530 g/mol. The number of non-ortho nitro benzene ring substituents is 1. The molecule has 2 aromatic carbocycles. The molecule has 41 heavy (non-hydrogen) atoms. The second-order valence-corrected chi connectivity index (χ2v) is 10.2. The van der Waals surface area contributed by atoms with Crippen LogP contribution in [0.25, 0.3) is 16.5 Å². The summed E-state index contributed by atoms with van der Waals surface area (Å²) in [5, 5.41) is 12.0. The molecule has 2 atom stereocenters. The van der Waals surface area contributed by atoms with Gasteiger partial charge >= 0.3 is 18.0 Å². The summed E-state index contributed by atoms with van der Waals surface area (Å²) in [4.78, 5) is 55.3. The minimum absolute atomic E-state index is 0.0147. The molecule has 0 saturated carbocycles. The molecule has 3 aromatic rings. The summed E-state index contributed by atoms with van der Waals surface area (Å²) < 4.78 is 17.6. The number of hydrogen-bond acceptors (Lipinski definition) is 9. The average Bonchev–Trinajstić information content (AvgIpc) is 3.32. The Hall–Kier alpha value is -4.93. The molecule has 0 N–H and O–H groups in total. The maximum atomic E-state index is 13.8. The van der Waals surface area contributed by atoms with Gasteiger partial charge in [0.15, 0.2) is 0 Å². The zero-order chi connectivity index (χ0) is 29.1. The first-order chi connectivity index (χ1) is 19.7. The number of nitro groups is 1. The lowest BCUT2D eigenvalue weighted by Crippen LogP contribution is -2.60. The summed E-state index contributed by atoms with van der Waals surface area (Å²) in [5.74, 6) is -1.62. The Labute approximate surface area is 234 Å². The summed E-state index contributed by atoms with van der Waals surface area (Å²) in [7, 11) is 0. The predicted octanol–water partition coefficient (Wildman–Crippen LogP) is 4.44. The number of carbonyl (C=O) groups is 3. The molecular formula is C30H26N3O8+. The second kappa shape index (κ2) is 9.61. The van der Waals surface area contributed by atoms with E-state index in [1.807, 2.05) is 19.1 Å². The highest BCUT2D eigenvalue weighted by Crippen LogP contribution is 2.44. The summed E-state index contributed by atoms with van der Waals surface area (Å²) in [5.41, 5.74) is 3.52. The molecule has 0 radical (unpaired) electrons. The lowest BCUT2D eigenvalue weighted by molar-refractivity contribution is -0.500. The molecule has 3 heterocycles. The van der Waals surface area contributed by atoms with E-state index in [9.17, 15) is 24.5 Å². The van der Waals surface area contributed by atoms with Gasteiger partial charge in [-0.3, -0.25) is 10.1 Å². The van der Waals surface area contributed by atoms with Crippen LogP contribution in [-0.4, -0.2) is 50.6 Å². The molecule has 0 bridgehead atoms. The fourth-order valence-corrected chi connectivity index (χ4v) is 5.94. The highest BCUT2D eigenvalue weighted by atomic mass is 16.7. The lowest BCUT2D eigenvalue weighted by atomic mass is 9.86. The van der Waals surface area contributed by atoms with Crippen LogP contribution < -0.4 is 4.74 Å². The first-order valence-corrected chi connectivity index (χ1v) is 13.3. The van der Waals surface area contributed by atoms with Crippen LogP contribution >= 0.6 is 0 Å². The molecule has 1 unspecified atom stereocenters. The van der Waals surface area contributed by atoms with Gasteiger partial charge in [-0.25, -0.2) is 19.4 Å². The number of aromatic nitrogens is 1. The van der Waals surface area contributed by atoms with Gasteiger partial charge in [0.25, 0.3) is 18.0 Å². The number of ether oxygens (including phenoxy) is 3. The zero-order valence-electron chi connectivity index (χ0n) is 22.6. The molecule has 3 aliphatic rings. The number of nitro benzene ring substituents is 1. The van der Waals surface area contributed by atoms with E-state index in [1.165, 1.54) is 28.8 Å². The second-order valence-electron chi connectivity index (χ2n) is 10.2. The fraction of sp³-hybridized carbons (Fsp3) is 0.300. The minimum Gasteiger partial charge on any atom is -0.404 e. The van der Waals surface area contributed by atoms with Gasteiger partial charge in [-0.05, 0) is 55.2 Å². The van der Waals surface area contributed by atoms with Gasteiger partial charge in [0.1, 0.15) is 11.7 Å². The van der Waals surface area contributed by atoms with E-state index in [2.05, 4.69) is 13.0 Å². The van der Waals surface area contributed by atoms with Crippen LogP contribution in [0.5, 0.6) is 5.75 Å². The topological polar surface area (TPSA) is 138 Å². The quantitative estimate of drug-likeness (QED) is 0.147. The number of carbonyl (C=O) groups excluding carboxylic acids is 3. The molecule has 0 spiro atoms. The third-order valence-corrected chi connectivity index (χ3v) is 7.99. The van der Waals surface area contributed by atoms with Crippen molar-refractivity contribution in [1.82, 2.24) is 4.98 Å². The van der Waals surface area contributed by atoms with Gasteiger partial charge in [0.2, 0.25) is 5.71 Å². The van der Waals surface area contributed by atoms with Crippen LogP contribution in [0.2, 0.25) is 0 Å². The Morgan fingerprint density at radius 2 is 1.95 bits per heavy atom. The predicted molar refractivity (Wildman–Crippen MR) is 145 cm³/mol. The van der Waals surface area contributed by atoms with E-state index in [1.54, 1.807) is 13.0 Å². The highest BCUT2D eigenvalue weighted by Gasteiger charge is 2.60. The van der Waals surface area contributed by atoms with E-state index < -0.39 is 28.6 Å². The number of rotatable bonds is 5. The molecule has 1 aromatic heterocycles. The SMILES string of the molecule is CCc1c2c(nc3ccc(C)cc13)C1=CC3=[N+](COC(=O)[C@@]3(CC)OC(=O)Oc3ccc([N+](=O)[O-])cc3)C(=O)C1C2. The van der Waals surface area contributed by atoms with Gasteiger partial charge in [0, 0.05) is 35.6 Å². The molecule has 11 heteroatoms. The maximum absolute atomic E-state index is 13.8. The Balaban J connectivity index is 1.41. The highest BCUT2D eigenvalue weighted by molar-refractivity contribution is 6.21. The van der Waals surface area contributed by atoms with Crippen LogP contribution in [0.15, 0.2) is 48.5 Å². The van der Waals surface area contributed by atoms with E-state index in [-0.39, 0.29) is 36.2 Å². The van der Waals surface area contributed by atoms with Crippen LogP contribution in [0.4, 0.5) is 10.5 Å². The van der Waals surface area contributed by atoms with Crippen molar-refractivity contribution in [3.05, 3.63) is 81.0 Å². The van der Waals surface area contributed by atoms with E-state index >= 15 is 0 Å². The van der Waals surface area contributed by atoms with Crippen molar-refractivity contribution in [1.29, 1.82) is 0 Å². The maximum Gasteiger partial charge on any atom is 0.515 e. The Morgan fingerprint density at radius 1 is 1.20 bits per heavy atom. The molecule has 2 aliphatic heterocycles. The summed E-state index contributed by atoms with van der Waals surface area (Å²) in [6.07, 6.45) is 1.70. The Bertz CT molecular complexity index is 1740. The third kappa shape index (κ3) is 4.07. The molecule has 6 rings (SSSR count). The summed E-state index contributed by atoms with van der Waals surface area (Å²) in [6.45, 7) is 5.44. The minimum atomic E-state index is -1.95. The summed E-state index contributed by atoms with van der Waals surface area (Å²) in [6, 6.07) is 10.9. The number of esters is 1. The fourth-order valence-electron chi connectivity index (χ4n) is 5.94. The normalized spacial score (nSPS) is 21.0. The lowest BCUT2D eigenvalue weighted by Gasteiger charge is -2.32. The molecule has 11 nitrogen and oxygen atoms in total. The third-order valence-electron chi connectivity index (χ3n) is 7.99. The van der Waals surface area contributed by atoms with Gasteiger partial charge in [0.05, 0.1) is 16.1 Å². The number of fused-ring (bicyclic) bond motifs is 4. The molecule has 1 aliphatic carbocycles. The van der Waals surface area contributed by atoms with Crippen LogP contribution in [0.1, 0.15) is 42.7 Å².